The monoisotopic (exact) mass is 288 g/mol. The number of hydrogen-bond donors (Lipinski definition) is 3. The van der Waals surface area contributed by atoms with E-state index in [9.17, 15) is 9.18 Å². The van der Waals surface area contributed by atoms with E-state index in [2.05, 4.69) is 10.6 Å². The Morgan fingerprint density at radius 3 is 2.62 bits per heavy atom. The van der Waals surface area contributed by atoms with Crippen LogP contribution in [0.3, 0.4) is 0 Å². The SMILES string of the molecule is O=C(NCCO)c1cccc(NCc2ccc(F)cc2)c1. The zero-order valence-electron chi connectivity index (χ0n) is 11.5. The van der Waals surface area contributed by atoms with Gasteiger partial charge in [0.2, 0.25) is 0 Å². The molecule has 4 nitrogen and oxygen atoms in total. The van der Waals surface area contributed by atoms with Crippen molar-refractivity contribution >= 4 is 11.6 Å². The molecule has 1 amide bonds. The maximum absolute atomic E-state index is 12.8. The molecule has 0 heterocycles. The van der Waals surface area contributed by atoms with Gasteiger partial charge in [0.1, 0.15) is 5.82 Å². The fraction of sp³-hybridized carbons (Fsp3) is 0.188. The summed E-state index contributed by atoms with van der Waals surface area (Å²) in [6, 6.07) is 13.3. The standard InChI is InChI=1S/C16H17FN2O2/c17-14-6-4-12(5-7-14)11-19-15-3-1-2-13(10-15)16(21)18-8-9-20/h1-7,10,19-20H,8-9,11H2,(H,18,21). The quantitative estimate of drug-likeness (QED) is 0.763. The van der Waals surface area contributed by atoms with Crippen LogP contribution >= 0.6 is 0 Å². The summed E-state index contributed by atoms with van der Waals surface area (Å²) in [6.45, 7) is 0.683. The van der Waals surface area contributed by atoms with Crippen LogP contribution < -0.4 is 10.6 Å². The van der Waals surface area contributed by atoms with Gasteiger partial charge in [0.25, 0.3) is 5.91 Å². The van der Waals surface area contributed by atoms with Crippen LogP contribution in [0.15, 0.2) is 48.5 Å². The highest BCUT2D eigenvalue weighted by Gasteiger charge is 2.05. The van der Waals surface area contributed by atoms with E-state index in [1.165, 1.54) is 12.1 Å². The molecule has 21 heavy (non-hydrogen) atoms. The predicted molar refractivity (Wildman–Crippen MR) is 79.6 cm³/mol. The summed E-state index contributed by atoms with van der Waals surface area (Å²) in [5.74, 6) is -0.490. The molecule has 0 atom stereocenters. The van der Waals surface area contributed by atoms with Gasteiger partial charge in [0, 0.05) is 24.3 Å². The number of benzene rings is 2. The van der Waals surface area contributed by atoms with Gasteiger partial charge in [-0.1, -0.05) is 18.2 Å². The van der Waals surface area contributed by atoms with Crippen LogP contribution in [0.25, 0.3) is 0 Å². The second-order valence-electron chi connectivity index (χ2n) is 4.54. The fourth-order valence-corrected chi connectivity index (χ4v) is 1.85. The lowest BCUT2D eigenvalue weighted by molar-refractivity contribution is 0.0945. The normalized spacial score (nSPS) is 10.2. The zero-order valence-corrected chi connectivity index (χ0v) is 11.5. The van der Waals surface area contributed by atoms with Crippen molar-refractivity contribution in [2.75, 3.05) is 18.5 Å². The van der Waals surface area contributed by atoms with Crippen molar-refractivity contribution in [3.63, 3.8) is 0 Å². The first-order valence-electron chi connectivity index (χ1n) is 6.66. The largest absolute Gasteiger partial charge is 0.395 e. The molecular formula is C16H17FN2O2. The van der Waals surface area contributed by atoms with Gasteiger partial charge in [-0.25, -0.2) is 4.39 Å². The molecule has 0 spiro atoms. The average molecular weight is 288 g/mol. The minimum atomic E-state index is -0.263. The number of amides is 1. The van der Waals surface area contributed by atoms with Gasteiger partial charge in [0.05, 0.1) is 6.61 Å². The van der Waals surface area contributed by atoms with E-state index in [1.54, 1.807) is 30.3 Å². The third kappa shape index (κ3) is 4.57. The van der Waals surface area contributed by atoms with E-state index in [-0.39, 0.29) is 24.9 Å². The summed E-state index contributed by atoms with van der Waals surface area (Å²) in [5.41, 5.74) is 2.27. The second-order valence-corrected chi connectivity index (χ2v) is 4.54. The molecule has 0 aliphatic heterocycles. The van der Waals surface area contributed by atoms with E-state index in [0.29, 0.717) is 12.1 Å². The highest BCUT2D eigenvalue weighted by Crippen LogP contribution is 2.12. The van der Waals surface area contributed by atoms with Gasteiger partial charge in [-0.2, -0.15) is 0 Å². The Bertz CT molecular complexity index is 599. The molecule has 0 fully saturated rings. The highest BCUT2D eigenvalue weighted by atomic mass is 19.1. The van der Waals surface area contributed by atoms with E-state index < -0.39 is 0 Å². The van der Waals surface area contributed by atoms with Gasteiger partial charge in [-0.15, -0.1) is 0 Å². The zero-order chi connectivity index (χ0) is 15.1. The van der Waals surface area contributed by atoms with E-state index in [1.807, 2.05) is 6.07 Å². The first-order valence-corrected chi connectivity index (χ1v) is 6.66. The Kier molecular flexibility index (Phi) is 5.29. The van der Waals surface area contributed by atoms with Crippen LogP contribution in [-0.4, -0.2) is 24.2 Å². The van der Waals surface area contributed by atoms with Crippen LogP contribution in [0.1, 0.15) is 15.9 Å². The Hall–Kier alpha value is -2.40. The van der Waals surface area contributed by atoms with E-state index in [4.69, 9.17) is 5.11 Å². The molecule has 3 N–H and O–H groups in total. The van der Waals surface area contributed by atoms with Crippen molar-refractivity contribution in [2.45, 2.75) is 6.54 Å². The third-order valence-corrected chi connectivity index (χ3v) is 2.93. The first-order chi connectivity index (χ1) is 10.2. The summed E-state index contributed by atoms with van der Waals surface area (Å²) < 4.78 is 12.8. The number of halogens is 1. The molecule has 0 saturated carbocycles. The summed E-state index contributed by atoms with van der Waals surface area (Å²) in [6.07, 6.45) is 0. The highest BCUT2D eigenvalue weighted by molar-refractivity contribution is 5.95. The lowest BCUT2D eigenvalue weighted by Crippen LogP contribution is -2.26. The lowest BCUT2D eigenvalue weighted by Gasteiger charge is -2.09. The van der Waals surface area contributed by atoms with Crippen molar-refractivity contribution in [1.82, 2.24) is 5.32 Å². The molecule has 0 radical (unpaired) electrons. The number of carbonyl (C=O) groups is 1. The summed E-state index contributed by atoms with van der Waals surface area (Å²) in [7, 11) is 0. The number of hydrogen-bond acceptors (Lipinski definition) is 3. The number of aliphatic hydroxyl groups is 1. The van der Waals surface area contributed by atoms with Crippen LogP contribution in [-0.2, 0) is 6.54 Å². The molecule has 0 aliphatic carbocycles. The van der Waals surface area contributed by atoms with Crippen molar-refractivity contribution < 1.29 is 14.3 Å². The minimum Gasteiger partial charge on any atom is -0.395 e. The minimum absolute atomic E-state index is 0.0890. The van der Waals surface area contributed by atoms with Crippen molar-refractivity contribution in [3.05, 3.63) is 65.5 Å². The Morgan fingerprint density at radius 1 is 1.14 bits per heavy atom. The molecule has 0 unspecified atom stereocenters. The number of aliphatic hydroxyl groups excluding tert-OH is 1. The van der Waals surface area contributed by atoms with Crippen molar-refractivity contribution in [1.29, 1.82) is 0 Å². The molecule has 0 bridgehead atoms. The molecule has 5 heteroatoms. The van der Waals surface area contributed by atoms with Crippen LogP contribution in [0.2, 0.25) is 0 Å². The molecule has 2 aromatic rings. The van der Waals surface area contributed by atoms with Crippen LogP contribution in [0.4, 0.5) is 10.1 Å². The van der Waals surface area contributed by atoms with Crippen LogP contribution in [0, 0.1) is 5.82 Å². The Balaban J connectivity index is 1.97. The summed E-state index contributed by atoms with van der Waals surface area (Å²) in [5, 5.41) is 14.5. The number of rotatable bonds is 6. The van der Waals surface area contributed by atoms with Gasteiger partial charge < -0.3 is 15.7 Å². The Morgan fingerprint density at radius 2 is 1.90 bits per heavy atom. The van der Waals surface area contributed by atoms with E-state index >= 15 is 0 Å². The fourth-order valence-electron chi connectivity index (χ4n) is 1.85. The van der Waals surface area contributed by atoms with Gasteiger partial charge >= 0.3 is 0 Å². The van der Waals surface area contributed by atoms with Crippen molar-refractivity contribution in [2.24, 2.45) is 0 Å². The Labute approximate surface area is 122 Å². The van der Waals surface area contributed by atoms with E-state index in [0.717, 1.165) is 11.3 Å². The first kappa shape index (κ1) is 15.0. The van der Waals surface area contributed by atoms with Gasteiger partial charge in [-0.05, 0) is 35.9 Å². The van der Waals surface area contributed by atoms with Crippen LogP contribution in [0.5, 0.6) is 0 Å². The number of carbonyl (C=O) groups excluding carboxylic acids is 1. The van der Waals surface area contributed by atoms with Gasteiger partial charge in [-0.3, -0.25) is 4.79 Å². The molecule has 2 rings (SSSR count). The van der Waals surface area contributed by atoms with Crippen molar-refractivity contribution in [3.8, 4) is 0 Å². The molecule has 0 aromatic heterocycles. The average Bonchev–Trinajstić information content (AvgIpc) is 2.52. The third-order valence-electron chi connectivity index (χ3n) is 2.93. The molecule has 0 aliphatic rings. The molecule has 2 aromatic carbocycles. The summed E-state index contributed by atoms with van der Waals surface area (Å²) in [4.78, 5) is 11.8. The molecule has 110 valence electrons. The number of anilines is 1. The topological polar surface area (TPSA) is 61.4 Å². The smallest absolute Gasteiger partial charge is 0.251 e. The second kappa shape index (κ2) is 7.40. The lowest BCUT2D eigenvalue weighted by atomic mass is 10.1. The predicted octanol–water partition coefficient (Wildman–Crippen LogP) is 2.16. The molecule has 0 saturated heterocycles. The maximum atomic E-state index is 12.8. The summed E-state index contributed by atoms with van der Waals surface area (Å²) >= 11 is 0. The number of nitrogens with one attached hydrogen (secondary N) is 2. The maximum Gasteiger partial charge on any atom is 0.251 e. The molecular weight excluding hydrogens is 271 g/mol. The van der Waals surface area contributed by atoms with Gasteiger partial charge in [0.15, 0.2) is 0 Å².